The molecule has 9 nitrogen and oxygen atoms in total. The average molecular weight is 583 g/mol. The van der Waals surface area contributed by atoms with Crippen LogP contribution >= 0.6 is 0 Å². The molecule has 2 fully saturated rings. The van der Waals surface area contributed by atoms with Crippen LogP contribution < -0.4 is 16.0 Å². The van der Waals surface area contributed by atoms with Crippen molar-refractivity contribution in [3.63, 3.8) is 0 Å². The van der Waals surface area contributed by atoms with Crippen LogP contribution in [-0.4, -0.2) is 68.0 Å². The molecule has 0 unspecified atom stereocenters. The van der Waals surface area contributed by atoms with Crippen molar-refractivity contribution in [1.82, 2.24) is 10.2 Å². The minimum Gasteiger partial charge on any atom is -0.395 e. The van der Waals surface area contributed by atoms with E-state index >= 15 is 4.11 Å². The van der Waals surface area contributed by atoms with Crippen molar-refractivity contribution in [1.29, 1.82) is 0 Å². The highest BCUT2D eigenvalue weighted by Gasteiger charge is 2.65. The highest BCUT2D eigenvalue weighted by atomic mass is 28.4. The summed E-state index contributed by atoms with van der Waals surface area (Å²) in [5.41, 5.74) is 0.399. The molecule has 5 atom stereocenters. The topological polar surface area (TPSA) is 120 Å². The summed E-state index contributed by atoms with van der Waals surface area (Å²) in [5, 5.41) is 18.7. The van der Waals surface area contributed by atoms with Gasteiger partial charge in [-0.3, -0.25) is 14.4 Å². The molecule has 2 aromatic carbocycles. The average Bonchev–Trinajstić information content (AvgIpc) is 3.63. The quantitative estimate of drug-likeness (QED) is 0.265. The van der Waals surface area contributed by atoms with Gasteiger partial charge in [-0.15, -0.1) is 0 Å². The van der Waals surface area contributed by atoms with Gasteiger partial charge in [0.15, 0.2) is 5.60 Å². The van der Waals surface area contributed by atoms with Gasteiger partial charge >= 0.3 is 0 Å². The van der Waals surface area contributed by atoms with Crippen LogP contribution in [0.25, 0.3) is 0 Å². The summed E-state index contributed by atoms with van der Waals surface area (Å²) in [4.78, 5) is 41.5. The van der Waals surface area contributed by atoms with E-state index in [4.69, 9.17) is 4.74 Å². The number of ether oxygens (including phenoxy) is 1. The zero-order chi connectivity index (χ0) is 29.4. The van der Waals surface area contributed by atoms with E-state index in [1.165, 1.54) is 0 Å². The van der Waals surface area contributed by atoms with Crippen molar-refractivity contribution in [2.24, 2.45) is 5.92 Å². The second-order valence-corrected chi connectivity index (χ2v) is 15.6. The van der Waals surface area contributed by atoms with E-state index in [-0.39, 0.29) is 37.4 Å². The Morgan fingerprint density at radius 3 is 2.63 bits per heavy atom. The van der Waals surface area contributed by atoms with Gasteiger partial charge in [0.25, 0.3) is 5.91 Å². The van der Waals surface area contributed by atoms with E-state index in [0.717, 1.165) is 24.9 Å². The van der Waals surface area contributed by atoms with Gasteiger partial charge in [0.2, 0.25) is 20.2 Å². The maximum atomic E-state index is 16.0. The number of aliphatic hydroxyl groups excluding tert-OH is 1. The number of aliphatic hydroxyl groups is 1. The molecule has 220 valence electrons. The van der Waals surface area contributed by atoms with Gasteiger partial charge in [-0.05, 0) is 56.2 Å². The molecule has 3 aliphatic heterocycles. The second kappa shape index (κ2) is 11.6. The normalized spacial score (nSPS) is 27.1. The van der Waals surface area contributed by atoms with E-state index in [0.29, 0.717) is 23.5 Å². The van der Waals surface area contributed by atoms with Gasteiger partial charge in [0, 0.05) is 41.5 Å². The van der Waals surface area contributed by atoms with Gasteiger partial charge in [-0.25, -0.2) is 0 Å². The van der Waals surface area contributed by atoms with Crippen LogP contribution in [0.3, 0.4) is 0 Å². The third-order valence-corrected chi connectivity index (χ3v) is 11.1. The summed E-state index contributed by atoms with van der Waals surface area (Å²) in [5.74, 6) is -1.37. The van der Waals surface area contributed by atoms with Crippen LogP contribution in [0.2, 0.25) is 18.6 Å². The Kier molecular flexibility index (Phi) is 8.33. The fraction of sp³-hybridized carbons (Fsp3) is 0.500. The minimum atomic E-state index is -3.45. The number of carbonyl (C=O) groups excluding carboxylic acids is 3. The van der Waals surface area contributed by atoms with Crippen LogP contribution in [-0.2, 0) is 31.3 Å². The second-order valence-electron chi connectivity index (χ2n) is 11.9. The molecular formula is C30H39FN4O5Si. The lowest BCUT2D eigenvalue weighted by molar-refractivity contribution is -0.148. The van der Waals surface area contributed by atoms with Gasteiger partial charge in [0.05, 0.1) is 25.2 Å². The summed E-state index contributed by atoms with van der Waals surface area (Å²) in [7, 11) is -3.45. The Morgan fingerprint density at radius 2 is 1.98 bits per heavy atom. The number of halogens is 1. The van der Waals surface area contributed by atoms with Crippen molar-refractivity contribution in [3.8, 4) is 0 Å². The van der Waals surface area contributed by atoms with Crippen molar-refractivity contribution in [2.75, 3.05) is 30.3 Å². The molecule has 0 aliphatic carbocycles. The molecule has 2 saturated heterocycles. The number of hydrogen-bond acceptors (Lipinski definition) is 6. The lowest BCUT2D eigenvalue weighted by Crippen LogP contribution is -2.42. The first kappa shape index (κ1) is 29.4. The monoisotopic (exact) mass is 582 g/mol. The van der Waals surface area contributed by atoms with Gasteiger partial charge in [-0.1, -0.05) is 37.3 Å². The minimum absolute atomic E-state index is 0.115. The predicted molar refractivity (Wildman–Crippen MR) is 156 cm³/mol. The zero-order valence-electron chi connectivity index (χ0n) is 23.8. The van der Waals surface area contributed by atoms with Crippen LogP contribution in [0, 0.1) is 5.92 Å². The molecule has 4 N–H and O–H groups in total. The number of hydrogen-bond donors (Lipinski definition) is 4. The third kappa shape index (κ3) is 5.68. The third-order valence-electron chi connectivity index (χ3n) is 8.67. The van der Waals surface area contributed by atoms with E-state index in [1.807, 2.05) is 37.3 Å². The Morgan fingerprint density at radius 1 is 1.22 bits per heavy atom. The van der Waals surface area contributed by atoms with Crippen LogP contribution in [0.5, 0.6) is 0 Å². The lowest BCUT2D eigenvalue weighted by atomic mass is 9.82. The molecule has 0 saturated carbocycles. The molecule has 2 aromatic rings. The number of nitrogens with zero attached hydrogens (tertiary/aromatic N) is 1. The molecule has 3 aliphatic rings. The molecule has 41 heavy (non-hydrogen) atoms. The lowest BCUT2D eigenvalue weighted by Gasteiger charge is -2.31. The summed E-state index contributed by atoms with van der Waals surface area (Å²) >= 11 is 0. The Labute approximate surface area is 241 Å². The van der Waals surface area contributed by atoms with Crippen molar-refractivity contribution in [2.45, 2.75) is 69.1 Å². The van der Waals surface area contributed by atoms with Crippen LogP contribution in [0.4, 0.5) is 15.5 Å². The molecule has 0 radical (unpaired) electrons. The molecular weight excluding hydrogens is 543 g/mol. The maximum absolute atomic E-state index is 16.0. The molecule has 1 spiro atoms. The highest BCUT2D eigenvalue weighted by molar-refractivity contribution is 6.72. The summed E-state index contributed by atoms with van der Waals surface area (Å²) in [6.45, 7) is 6.01. The number of nitrogens with one attached hydrogen (secondary N) is 3. The molecule has 3 heterocycles. The van der Waals surface area contributed by atoms with Gasteiger partial charge in [0.1, 0.15) is 0 Å². The number of carbonyl (C=O) groups is 3. The Hall–Kier alpha value is -3.12. The standard InChI is InChI=1S/C30H39FN4O5Si/c1-19-27(41(2,3)31)25(17-26(37)35(14-15-36)18-20-8-5-4-6-9-20)40-30(19)22-16-21(11-12-23(22)34-29(30)39)33-28(38)24-10-7-13-32-24/h4-6,8-9,11-12,16,19,24-25,27,32,36H,7,10,13-15,17-18H2,1-3H3,(H,33,38)(H,34,39)/t19-,24-,25+,27-,30+/m1/s1. The smallest absolute Gasteiger partial charge is 0.261 e. The summed E-state index contributed by atoms with van der Waals surface area (Å²) < 4.78 is 22.6. The van der Waals surface area contributed by atoms with Gasteiger partial charge in [-0.2, -0.15) is 0 Å². The fourth-order valence-electron chi connectivity index (χ4n) is 6.80. The van der Waals surface area contributed by atoms with Crippen molar-refractivity contribution >= 4 is 37.5 Å². The van der Waals surface area contributed by atoms with Crippen LogP contribution in [0.15, 0.2) is 48.5 Å². The molecule has 0 aromatic heterocycles. The van der Waals surface area contributed by atoms with Crippen molar-refractivity contribution < 1.29 is 28.3 Å². The Balaban J connectivity index is 1.43. The van der Waals surface area contributed by atoms with E-state index in [1.54, 1.807) is 36.2 Å². The summed E-state index contributed by atoms with van der Waals surface area (Å²) in [6, 6.07) is 14.4. The number of anilines is 2. The largest absolute Gasteiger partial charge is 0.395 e. The van der Waals surface area contributed by atoms with Crippen LogP contribution in [0.1, 0.15) is 37.3 Å². The fourth-order valence-corrected chi connectivity index (χ4v) is 9.29. The molecule has 11 heteroatoms. The first-order chi connectivity index (χ1) is 19.5. The Bertz CT molecular complexity index is 1300. The van der Waals surface area contributed by atoms with E-state index in [2.05, 4.69) is 16.0 Å². The molecule has 0 bridgehead atoms. The molecule has 3 amide bonds. The maximum Gasteiger partial charge on any atom is 0.261 e. The van der Waals surface area contributed by atoms with E-state index in [9.17, 15) is 19.5 Å². The summed E-state index contributed by atoms with van der Waals surface area (Å²) in [6.07, 6.45) is 0.738. The molecule has 5 rings (SSSR count). The van der Waals surface area contributed by atoms with Crippen molar-refractivity contribution in [3.05, 3.63) is 59.7 Å². The predicted octanol–water partition coefficient (Wildman–Crippen LogP) is 3.52. The number of amides is 3. The van der Waals surface area contributed by atoms with Gasteiger partial charge < -0.3 is 34.8 Å². The van der Waals surface area contributed by atoms with E-state index < -0.39 is 37.5 Å². The SMILES string of the molecule is C[C@@H]1[C@@H]([Si](C)(C)F)[C@H](CC(=O)N(CCO)Cc2ccccc2)O[C@@]12C(=O)Nc1ccc(NC(=O)[C@H]3CCCN3)cc12. The first-order valence-electron chi connectivity index (χ1n) is 14.3. The number of rotatable bonds is 9. The highest BCUT2D eigenvalue weighted by Crippen LogP contribution is 2.59. The zero-order valence-corrected chi connectivity index (χ0v) is 24.8. The number of benzene rings is 2. The number of fused-ring (bicyclic) bond motifs is 2. The first-order valence-corrected chi connectivity index (χ1v) is 17.3.